The molecule has 34 heavy (non-hydrogen) atoms. The summed E-state index contributed by atoms with van der Waals surface area (Å²) in [7, 11) is 0. The highest BCUT2D eigenvalue weighted by Gasteiger charge is 2.30. The van der Waals surface area contributed by atoms with Gasteiger partial charge in [0.2, 0.25) is 17.7 Å². The van der Waals surface area contributed by atoms with Crippen LogP contribution in [0.2, 0.25) is 0 Å². The second kappa shape index (κ2) is 15.4. The fraction of sp³-hybridized carbons (Fsp3) is 0.700. The van der Waals surface area contributed by atoms with Crippen molar-refractivity contribution < 1.29 is 34.2 Å². The molecule has 14 nitrogen and oxygen atoms in total. The van der Waals surface area contributed by atoms with Gasteiger partial charge in [-0.15, -0.1) is 0 Å². The van der Waals surface area contributed by atoms with Crippen LogP contribution in [0.3, 0.4) is 0 Å². The summed E-state index contributed by atoms with van der Waals surface area (Å²) in [6.45, 7) is 5.25. The molecule has 3 amide bonds. The predicted molar refractivity (Wildman–Crippen MR) is 123 cm³/mol. The molecule has 0 aromatic heterocycles. The Hall–Kier alpha value is -3.42. The Morgan fingerprint density at radius 3 is 1.82 bits per heavy atom. The van der Waals surface area contributed by atoms with Gasteiger partial charge in [0.25, 0.3) is 0 Å². The molecule has 11 N–H and O–H groups in total. The highest BCUT2D eigenvalue weighted by molar-refractivity contribution is 5.94. The SMILES string of the molecule is CC(C)CC(NC(=O)C(C)N)C(=O)NC(CCC(=O)O)C(=O)NC(CCCN=C(N)N)C(=O)O. The number of aliphatic imine (C=N–C) groups is 1. The van der Waals surface area contributed by atoms with Crippen LogP contribution in [0.5, 0.6) is 0 Å². The molecular weight excluding hydrogens is 450 g/mol. The van der Waals surface area contributed by atoms with Gasteiger partial charge in [-0.1, -0.05) is 13.8 Å². The molecule has 0 aromatic rings. The molecule has 0 aliphatic heterocycles. The summed E-state index contributed by atoms with van der Waals surface area (Å²) in [6.07, 6.45) is -0.260. The zero-order chi connectivity index (χ0) is 26.4. The van der Waals surface area contributed by atoms with Crippen molar-refractivity contribution in [1.82, 2.24) is 16.0 Å². The average Bonchev–Trinajstić information content (AvgIpc) is 2.71. The minimum Gasteiger partial charge on any atom is -0.481 e. The molecule has 0 fully saturated rings. The van der Waals surface area contributed by atoms with Crippen LogP contribution in [-0.4, -0.2) is 76.5 Å². The highest BCUT2D eigenvalue weighted by atomic mass is 16.4. The van der Waals surface area contributed by atoms with Crippen LogP contribution in [-0.2, 0) is 24.0 Å². The molecule has 0 aromatic carbocycles. The van der Waals surface area contributed by atoms with Crippen LogP contribution in [0.1, 0.15) is 52.9 Å². The lowest BCUT2D eigenvalue weighted by Gasteiger charge is -2.25. The minimum absolute atomic E-state index is 0.00211. The summed E-state index contributed by atoms with van der Waals surface area (Å²) in [5.74, 6) is -4.83. The van der Waals surface area contributed by atoms with Crippen molar-refractivity contribution >= 4 is 35.6 Å². The molecule has 0 heterocycles. The quantitative estimate of drug-likeness (QED) is 0.0664. The summed E-state index contributed by atoms with van der Waals surface area (Å²) in [5, 5.41) is 25.7. The number of nitrogens with two attached hydrogens (primary N) is 3. The topological polar surface area (TPSA) is 252 Å². The Morgan fingerprint density at radius 2 is 1.35 bits per heavy atom. The third-order valence-corrected chi connectivity index (χ3v) is 4.59. The Bertz CT molecular complexity index is 752. The van der Waals surface area contributed by atoms with E-state index >= 15 is 0 Å². The molecule has 4 atom stereocenters. The lowest BCUT2D eigenvalue weighted by molar-refractivity contribution is -0.143. The maximum atomic E-state index is 12.8. The fourth-order valence-electron chi connectivity index (χ4n) is 2.85. The third kappa shape index (κ3) is 13.2. The van der Waals surface area contributed by atoms with Gasteiger partial charge in [-0.3, -0.25) is 24.2 Å². The van der Waals surface area contributed by atoms with Gasteiger partial charge in [-0.05, 0) is 38.5 Å². The summed E-state index contributed by atoms with van der Waals surface area (Å²) in [4.78, 5) is 63.9. The van der Waals surface area contributed by atoms with Crippen molar-refractivity contribution in [2.75, 3.05) is 6.54 Å². The van der Waals surface area contributed by atoms with Crippen LogP contribution < -0.4 is 33.2 Å². The predicted octanol–water partition coefficient (Wildman–Crippen LogP) is -2.16. The number of carboxylic acids is 2. The van der Waals surface area contributed by atoms with Gasteiger partial charge in [-0.2, -0.15) is 0 Å². The highest BCUT2D eigenvalue weighted by Crippen LogP contribution is 2.08. The van der Waals surface area contributed by atoms with E-state index in [1.165, 1.54) is 6.92 Å². The average molecular weight is 488 g/mol. The number of nitrogens with one attached hydrogen (secondary N) is 3. The number of carbonyl (C=O) groups excluding carboxylic acids is 3. The van der Waals surface area contributed by atoms with E-state index in [-0.39, 0.29) is 44.1 Å². The molecule has 0 aliphatic carbocycles. The maximum absolute atomic E-state index is 12.8. The summed E-state index contributed by atoms with van der Waals surface area (Å²) in [5.41, 5.74) is 16.0. The Kier molecular flexibility index (Phi) is 13.9. The normalized spacial score (nSPS) is 14.3. The van der Waals surface area contributed by atoms with E-state index in [1.54, 1.807) is 0 Å². The van der Waals surface area contributed by atoms with E-state index in [9.17, 15) is 29.1 Å². The van der Waals surface area contributed by atoms with Crippen molar-refractivity contribution in [3.63, 3.8) is 0 Å². The van der Waals surface area contributed by atoms with Crippen LogP contribution in [0.25, 0.3) is 0 Å². The summed E-state index contributed by atoms with van der Waals surface area (Å²) >= 11 is 0. The van der Waals surface area contributed by atoms with E-state index in [0.29, 0.717) is 0 Å². The van der Waals surface area contributed by atoms with E-state index in [0.717, 1.165) is 0 Å². The van der Waals surface area contributed by atoms with Crippen LogP contribution >= 0.6 is 0 Å². The molecule has 0 saturated heterocycles. The molecule has 0 rings (SSSR count). The molecular formula is C20H37N7O7. The lowest BCUT2D eigenvalue weighted by Crippen LogP contribution is -2.57. The molecule has 0 saturated carbocycles. The van der Waals surface area contributed by atoms with Crippen molar-refractivity contribution in [3.8, 4) is 0 Å². The van der Waals surface area contributed by atoms with E-state index < -0.39 is 60.2 Å². The third-order valence-electron chi connectivity index (χ3n) is 4.59. The molecule has 0 radical (unpaired) electrons. The summed E-state index contributed by atoms with van der Waals surface area (Å²) in [6, 6.07) is -4.54. The largest absolute Gasteiger partial charge is 0.481 e. The summed E-state index contributed by atoms with van der Waals surface area (Å²) < 4.78 is 0. The van der Waals surface area contributed by atoms with Crippen LogP contribution in [0, 0.1) is 5.92 Å². The minimum atomic E-state index is -1.34. The number of hydrogen-bond acceptors (Lipinski definition) is 7. The zero-order valence-electron chi connectivity index (χ0n) is 19.7. The first-order chi connectivity index (χ1) is 15.7. The first kappa shape index (κ1) is 30.6. The lowest BCUT2D eigenvalue weighted by atomic mass is 10.0. The van der Waals surface area contributed by atoms with E-state index in [1.807, 2.05) is 13.8 Å². The monoisotopic (exact) mass is 487 g/mol. The van der Waals surface area contributed by atoms with E-state index in [2.05, 4.69) is 20.9 Å². The van der Waals surface area contributed by atoms with Crippen molar-refractivity contribution in [2.24, 2.45) is 28.1 Å². The van der Waals surface area contributed by atoms with Gasteiger partial charge in [0.05, 0.1) is 6.04 Å². The standard InChI is InChI=1S/C20H37N7O7/c1-10(2)9-14(27-16(30)11(3)21)18(32)25-12(6-7-15(28)29)17(31)26-13(19(33)34)5-4-8-24-20(22)23/h10-14H,4-9,21H2,1-3H3,(H,25,32)(H,26,31)(H,27,30)(H,28,29)(H,33,34)(H4,22,23,24). The second-order valence-electron chi connectivity index (χ2n) is 8.32. The van der Waals surface area contributed by atoms with Crippen LogP contribution in [0.15, 0.2) is 4.99 Å². The number of amides is 3. The first-order valence-electron chi connectivity index (χ1n) is 10.9. The molecule has 194 valence electrons. The van der Waals surface area contributed by atoms with Crippen molar-refractivity contribution in [1.29, 1.82) is 0 Å². The first-order valence-corrected chi connectivity index (χ1v) is 10.9. The molecule has 4 unspecified atom stereocenters. The van der Waals surface area contributed by atoms with Gasteiger partial charge in [0.1, 0.15) is 18.1 Å². The maximum Gasteiger partial charge on any atom is 0.326 e. The molecule has 14 heteroatoms. The number of nitrogens with zero attached hydrogens (tertiary/aromatic N) is 1. The molecule has 0 aliphatic rings. The smallest absolute Gasteiger partial charge is 0.326 e. The molecule has 0 spiro atoms. The van der Waals surface area contributed by atoms with Crippen LogP contribution in [0.4, 0.5) is 0 Å². The number of hydrogen-bond donors (Lipinski definition) is 8. The number of rotatable bonds is 16. The van der Waals surface area contributed by atoms with Crippen molar-refractivity contribution in [2.45, 2.75) is 77.0 Å². The number of carbonyl (C=O) groups is 5. The number of guanidine groups is 1. The van der Waals surface area contributed by atoms with Gasteiger partial charge < -0.3 is 43.4 Å². The van der Waals surface area contributed by atoms with E-state index in [4.69, 9.17) is 22.3 Å². The number of aliphatic carboxylic acids is 2. The number of carboxylic acid groups (broad SMARTS) is 2. The zero-order valence-corrected chi connectivity index (χ0v) is 19.7. The van der Waals surface area contributed by atoms with Gasteiger partial charge in [0.15, 0.2) is 5.96 Å². The van der Waals surface area contributed by atoms with Gasteiger partial charge >= 0.3 is 11.9 Å². The Labute approximate surface area is 198 Å². The van der Waals surface area contributed by atoms with Gasteiger partial charge in [-0.25, -0.2) is 4.79 Å². The Balaban J connectivity index is 5.46. The fourth-order valence-corrected chi connectivity index (χ4v) is 2.85. The second-order valence-corrected chi connectivity index (χ2v) is 8.32. The molecule has 0 bridgehead atoms. The van der Waals surface area contributed by atoms with Crippen molar-refractivity contribution in [3.05, 3.63) is 0 Å². The van der Waals surface area contributed by atoms with Gasteiger partial charge in [0, 0.05) is 13.0 Å². The Morgan fingerprint density at radius 1 is 0.824 bits per heavy atom.